The van der Waals surface area contributed by atoms with E-state index in [0.29, 0.717) is 16.8 Å². The molecule has 0 radical (unpaired) electrons. The Morgan fingerprint density at radius 2 is 1.80 bits per heavy atom. The van der Waals surface area contributed by atoms with Crippen LogP contribution in [-0.2, 0) is 0 Å². The Morgan fingerprint density at radius 3 is 2.45 bits per heavy atom. The molecular weight excluding hydrogens is 404 g/mol. The Labute approximate surface area is 138 Å². The zero-order chi connectivity index (χ0) is 14.7. The maximum Gasteiger partial charge on any atom is 0.255 e. The van der Waals surface area contributed by atoms with Crippen molar-refractivity contribution in [2.75, 3.05) is 5.32 Å². The van der Waals surface area contributed by atoms with Crippen LogP contribution in [0.15, 0.2) is 51.4 Å². The highest BCUT2D eigenvalue weighted by Gasteiger charge is 2.11. The molecule has 3 N–H and O–H groups in total. The van der Waals surface area contributed by atoms with Gasteiger partial charge in [0, 0.05) is 20.1 Å². The molecule has 3 nitrogen and oxygen atoms in total. The first-order valence-electron chi connectivity index (χ1n) is 5.63. The average molecular weight is 414 g/mol. The first-order chi connectivity index (χ1) is 9.47. The van der Waals surface area contributed by atoms with Gasteiger partial charge < -0.3 is 11.1 Å². The number of carbonyl (C=O) groups is 1. The predicted molar refractivity (Wildman–Crippen MR) is 92.1 cm³/mol. The van der Waals surface area contributed by atoms with Gasteiger partial charge in [-0.05, 0) is 36.4 Å². The van der Waals surface area contributed by atoms with Crippen molar-refractivity contribution >= 4 is 60.7 Å². The number of benzene rings is 2. The molecule has 2 aromatic rings. The number of rotatable bonds is 3. The molecule has 0 saturated heterocycles. The highest BCUT2D eigenvalue weighted by Crippen LogP contribution is 2.22. The monoisotopic (exact) mass is 412 g/mol. The van der Waals surface area contributed by atoms with Gasteiger partial charge in [-0.25, -0.2) is 0 Å². The number of thiocarbonyl (C=S) groups is 1. The minimum atomic E-state index is -0.220. The Kier molecular flexibility index (Phi) is 4.91. The smallest absolute Gasteiger partial charge is 0.255 e. The summed E-state index contributed by atoms with van der Waals surface area (Å²) in [6, 6.07) is 12.5. The first kappa shape index (κ1) is 15.2. The fourth-order valence-electron chi connectivity index (χ4n) is 1.66. The Hall–Kier alpha value is -1.24. The third-order valence-electron chi connectivity index (χ3n) is 2.58. The molecule has 2 aromatic carbocycles. The number of anilines is 1. The van der Waals surface area contributed by atoms with E-state index in [1.807, 2.05) is 12.1 Å². The van der Waals surface area contributed by atoms with Crippen molar-refractivity contribution in [2.24, 2.45) is 5.73 Å². The molecule has 0 aliphatic carbocycles. The summed E-state index contributed by atoms with van der Waals surface area (Å²) in [7, 11) is 0. The molecule has 0 heterocycles. The third kappa shape index (κ3) is 3.65. The number of carbonyl (C=O) groups excluding carboxylic acids is 1. The molecule has 0 fully saturated rings. The van der Waals surface area contributed by atoms with Crippen molar-refractivity contribution in [1.29, 1.82) is 0 Å². The van der Waals surface area contributed by atoms with Gasteiger partial charge in [0.15, 0.2) is 0 Å². The lowest BCUT2D eigenvalue weighted by atomic mass is 10.1. The van der Waals surface area contributed by atoms with Crippen LogP contribution in [0.4, 0.5) is 5.69 Å². The maximum absolute atomic E-state index is 12.2. The Bertz CT molecular complexity index is 689. The molecule has 102 valence electrons. The highest BCUT2D eigenvalue weighted by atomic mass is 79.9. The second-order valence-corrected chi connectivity index (χ2v) is 6.29. The molecular formula is C14H10Br2N2OS. The normalized spacial score (nSPS) is 10.1. The summed E-state index contributed by atoms with van der Waals surface area (Å²) in [6.45, 7) is 0. The van der Waals surface area contributed by atoms with Crippen molar-refractivity contribution in [1.82, 2.24) is 0 Å². The van der Waals surface area contributed by atoms with Crippen molar-refractivity contribution in [3.63, 3.8) is 0 Å². The summed E-state index contributed by atoms with van der Waals surface area (Å²) in [4.78, 5) is 12.5. The number of hydrogen-bond donors (Lipinski definition) is 2. The van der Waals surface area contributed by atoms with Crippen LogP contribution in [0.25, 0.3) is 0 Å². The molecule has 20 heavy (non-hydrogen) atoms. The standard InChI is InChI=1S/C14H10Br2N2OS/c15-9-3-1-2-8(6-9)14(19)18-12-7-10(16)4-5-11(12)13(17)20/h1-7H,(H2,17,20)(H,18,19). The first-order valence-corrected chi connectivity index (χ1v) is 7.63. The fourth-order valence-corrected chi connectivity index (χ4v) is 2.60. The fraction of sp³-hybridized carbons (Fsp3) is 0. The van der Waals surface area contributed by atoms with Gasteiger partial charge in [0.2, 0.25) is 0 Å². The van der Waals surface area contributed by atoms with Crippen molar-refractivity contribution < 1.29 is 4.79 Å². The van der Waals surface area contributed by atoms with Crippen LogP contribution in [0.3, 0.4) is 0 Å². The quantitative estimate of drug-likeness (QED) is 0.744. The molecule has 0 bridgehead atoms. The molecule has 0 unspecified atom stereocenters. The second-order valence-electron chi connectivity index (χ2n) is 4.02. The number of halogens is 2. The van der Waals surface area contributed by atoms with E-state index in [2.05, 4.69) is 37.2 Å². The molecule has 0 aliphatic heterocycles. The van der Waals surface area contributed by atoms with Crippen LogP contribution < -0.4 is 11.1 Å². The lowest BCUT2D eigenvalue weighted by Crippen LogP contribution is -2.17. The number of amides is 1. The van der Waals surface area contributed by atoms with Crippen LogP contribution in [0.2, 0.25) is 0 Å². The van der Waals surface area contributed by atoms with Gasteiger partial charge in [-0.15, -0.1) is 0 Å². The molecule has 0 aliphatic rings. The molecule has 0 aromatic heterocycles. The number of nitrogens with two attached hydrogens (primary N) is 1. The van der Waals surface area contributed by atoms with Crippen molar-refractivity contribution in [3.8, 4) is 0 Å². The zero-order valence-electron chi connectivity index (χ0n) is 10.2. The second kappa shape index (κ2) is 6.47. The van der Waals surface area contributed by atoms with Gasteiger partial charge in [-0.3, -0.25) is 4.79 Å². The van der Waals surface area contributed by atoms with E-state index in [-0.39, 0.29) is 10.9 Å². The summed E-state index contributed by atoms with van der Waals surface area (Å²) in [5.74, 6) is -0.220. The van der Waals surface area contributed by atoms with Gasteiger partial charge in [-0.2, -0.15) is 0 Å². The Balaban J connectivity index is 2.32. The topological polar surface area (TPSA) is 55.1 Å². The SMILES string of the molecule is NC(=S)c1ccc(Br)cc1NC(=O)c1cccc(Br)c1. The van der Waals surface area contributed by atoms with Gasteiger partial charge >= 0.3 is 0 Å². The van der Waals surface area contributed by atoms with E-state index in [0.717, 1.165) is 8.95 Å². The van der Waals surface area contributed by atoms with E-state index >= 15 is 0 Å². The van der Waals surface area contributed by atoms with Gasteiger partial charge in [-0.1, -0.05) is 50.1 Å². The predicted octanol–water partition coefficient (Wildman–Crippen LogP) is 4.10. The van der Waals surface area contributed by atoms with E-state index in [1.54, 1.807) is 30.3 Å². The minimum absolute atomic E-state index is 0.220. The highest BCUT2D eigenvalue weighted by molar-refractivity contribution is 9.10. The third-order valence-corrected chi connectivity index (χ3v) is 3.79. The van der Waals surface area contributed by atoms with Crippen LogP contribution in [-0.4, -0.2) is 10.9 Å². The summed E-state index contributed by atoms with van der Waals surface area (Å²) >= 11 is 11.7. The van der Waals surface area contributed by atoms with Crippen LogP contribution in [0.5, 0.6) is 0 Å². The van der Waals surface area contributed by atoms with Gasteiger partial charge in [0.05, 0.1) is 5.69 Å². The van der Waals surface area contributed by atoms with E-state index < -0.39 is 0 Å². The molecule has 2 rings (SSSR count). The number of hydrogen-bond acceptors (Lipinski definition) is 2. The lowest BCUT2D eigenvalue weighted by molar-refractivity contribution is 0.102. The van der Waals surface area contributed by atoms with Gasteiger partial charge in [0.1, 0.15) is 4.99 Å². The molecule has 0 atom stereocenters. The van der Waals surface area contributed by atoms with Crippen LogP contribution >= 0.6 is 44.1 Å². The summed E-state index contributed by atoms with van der Waals surface area (Å²) in [5, 5.41) is 2.82. The lowest BCUT2D eigenvalue weighted by Gasteiger charge is -2.11. The van der Waals surface area contributed by atoms with E-state index in [1.165, 1.54) is 0 Å². The van der Waals surface area contributed by atoms with Gasteiger partial charge in [0.25, 0.3) is 5.91 Å². The molecule has 0 saturated carbocycles. The minimum Gasteiger partial charge on any atom is -0.389 e. The molecule has 0 spiro atoms. The summed E-state index contributed by atoms with van der Waals surface area (Å²) in [6.07, 6.45) is 0. The molecule has 1 amide bonds. The van der Waals surface area contributed by atoms with Crippen LogP contribution in [0, 0.1) is 0 Å². The Morgan fingerprint density at radius 1 is 1.10 bits per heavy atom. The molecule has 6 heteroatoms. The number of nitrogens with one attached hydrogen (secondary N) is 1. The van der Waals surface area contributed by atoms with E-state index in [9.17, 15) is 4.79 Å². The summed E-state index contributed by atoms with van der Waals surface area (Å²) in [5.41, 5.74) is 7.42. The largest absolute Gasteiger partial charge is 0.389 e. The van der Waals surface area contributed by atoms with Crippen molar-refractivity contribution in [2.45, 2.75) is 0 Å². The summed E-state index contributed by atoms with van der Waals surface area (Å²) < 4.78 is 1.68. The van der Waals surface area contributed by atoms with Crippen LogP contribution in [0.1, 0.15) is 15.9 Å². The average Bonchev–Trinajstić information content (AvgIpc) is 2.38. The maximum atomic E-state index is 12.2. The van der Waals surface area contributed by atoms with E-state index in [4.69, 9.17) is 18.0 Å². The van der Waals surface area contributed by atoms with Crippen molar-refractivity contribution in [3.05, 3.63) is 62.5 Å². The zero-order valence-corrected chi connectivity index (χ0v) is 14.2.